The Hall–Kier alpha value is -2.47. The first kappa shape index (κ1) is 15.9. The lowest BCUT2D eigenvalue weighted by Gasteiger charge is -2.18. The molecule has 6 heteroatoms. The second-order valence-corrected chi connectivity index (χ2v) is 5.11. The molecule has 6 nitrogen and oxygen atoms in total. The normalized spacial score (nSPS) is 11.8. The van der Waals surface area contributed by atoms with Crippen molar-refractivity contribution in [1.82, 2.24) is 9.97 Å². The number of benzene rings is 1. The van der Waals surface area contributed by atoms with Gasteiger partial charge in [-0.1, -0.05) is 6.07 Å². The molecule has 0 fully saturated rings. The van der Waals surface area contributed by atoms with Gasteiger partial charge in [-0.15, -0.1) is 0 Å². The number of hydrogen-bond acceptors (Lipinski definition) is 5. The molecule has 0 saturated carbocycles. The van der Waals surface area contributed by atoms with Crippen LogP contribution in [0.2, 0.25) is 0 Å². The third-order valence-corrected chi connectivity index (χ3v) is 3.28. The third-order valence-electron chi connectivity index (χ3n) is 3.28. The Balaban J connectivity index is 2.12. The highest BCUT2D eigenvalue weighted by molar-refractivity contribution is 5.91. The number of amides is 1. The van der Waals surface area contributed by atoms with Crippen molar-refractivity contribution in [2.75, 3.05) is 17.2 Å². The quantitative estimate of drug-likeness (QED) is 0.788. The molecular weight excluding hydrogens is 280 g/mol. The molecule has 0 spiro atoms. The van der Waals surface area contributed by atoms with E-state index in [-0.39, 0.29) is 6.04 Å². The van der Waals surface area contributed by atoms with E-state index in [9.17, 15) is 4.79 Å². The van der Waals surface area contributed by atoms with Crippen LogP contribution in [0.3, 0.4) is 0 Å². The van der Waals surface area contributed by atoms with Crippen LogP contribution in [0.5, 0.6) is 0 Å². The highest BCUT2D eigenvalue weighted by Gasteiger charge is 2.10. The van der Waals surface area contributed by atoms with Crippen LogP contribution in [0.15, 0.2) is 30.5 Å². The number of aliphatic hydroxyl groups excluding tert-OH is 1. The van der Waals surface area contributed by atoms with E-state index in [0.29, 0.717) is 5.69 Å². The Bertz CT molecular complexity index is 673. The van der Waals surface area contributed by atoms with Gasteiger partial charge < -0.3 is 15.7 Å². The Labute approximate surface area is 129 Å². The minimum Gasteiger partial charge on any atom is -0.387 e. The molecule has 0 aliphatic carbocycles. The summed E-state index contributed by atoms with van der Waals surface area (Å²) < 4.78 is 0. The summed E-state index contributed by atoms with van der Waals surface area (Å²) in [6.07, 6.45) is 1.83. The standard InChI is InChI=1S/C16H20N4O2/c1-10-15(8-17-12(3)18-10)11(2)19-13-5-4-6-14(7-13)20-16(22)9-21/h4-8,11,19,21H,9H2,1-3H3,(H,20,22). The van der Waals surface area contributed by atoms with E-state index in [2.05, 4.69) is 20.6 Å². The molecule has 1 aromatic heterocycles. The highest BCUT2D eigenvalue weighted by Crippen LogP contribution is 2.22. The summed E-state index contributed by atoms with van der Waals surface area (Å²) in [6.45, 7) is 5.32. The molecule has 1 unspecified atom stereocenters. The molecule has 22 heavy (non-hydrogen) atoms. The van der Waals surface area contributed by atoms with Crippen molar-refractivity contribution >= 4 is 17.3 Å². The molecule has 1 aromatic carbocycles. The minimum atomic E-state index is -0.534. The van der Waals surface area contributed by atoms with Crippen LogP contribution >= 0.6 is 0 Å². The molecule has 0 aliphatic heterocycles. The number of anilines is 2. The molecule has 0 bridgehead atoms. The fourth-order valence-corrected chi connectivity index (χ4v) is 2.23. The lowest BCUT2D eigenvalue weighted by Crippen LogP contribution is -2.15. The Morgan fingerprint density at radius 2 is 2.05 bits per heavy atom. The second-order valence-electron chi connectivity index (χ2n) is 5.11. The molecule has 0 radical (unpaired) electrons. The van der Waals surface area contributed by atoms with E-state index in [0.717, 1.165) is 22.8 Å². The van der Waals surface area contributed by atoms with Crippen LogP contribution in [0.1, 0.15) is 30.0 Å². The van der Waals surface area contributed by atoms with Gasteiger partial charge in [-0.25, -0.2) is 9.97 Å². The molecule has 1 amide bonds. The number of nitrogens with one attached hydrogen (secondary N) is 2. The summed E-state index contributed by atoms with van der Waals surface area (Å²) in [4.78, 5) is 19.8. The zero-order valence-electron chi connectivity index (χ0n) is 12.9. The molecule has 1 atom stereocenters. The van der Waals surface area contributed by atoms with E-state index >= 15 is 0 Å². The number of aryl methyl sites for hydroxylation is 2. The Morgan fingerprint density at radius 1 is 1.32 bits per heavy atom. The molecule has 116 valence electrons. The summed E-state index contributed by atoms with van der Waals surface area (Å²) in [7, 11) is 0. The van der Waals surface area contributed by atoms with Crippen molar-refractivity contribution in [2.45, 2.75) is 26.8 Å². The molecule has 3 N–H and O–H groups in total. The Kier molecular flexibility index (Phi) is 5.06. The molecule has 0 saturated heterocycles. The number of carbonyl (C=O) groups excluding carboxylic acids is 1. The van der Waals surface area contributed by atoms with Crippen molar-refractivity contribution in [1.29, 1.82) is 0 Å². The van der Waals surface area contributed by atoms with Gasteiger partial charge in [-0.05, 0) is 39.0 Å². The van der Waals surface area contributed by atoms with Gasteiger partial charge in [-0.3, -0.25) is 4.79 Å². The predicted octanol–water partition coefficient (Wildman–Crippen LogP) is 2.20. The SMILES string of the molecule is Cc1ncc(C(C)Nc2cccc(NC(=O)CO)c2)c(C)n1. The summed E-state index contributed by atoms with van der Waals surface area (Å²) >= 11 is 0. The number of nitrogens with zero attached hydrogens (tertiary/aromatic N) is 2. The Morgan fingerprint density at radius 3 is 2.73 bits per heavy atom. The molecule has 0 aliphatic rings. The van der Waals surface area contributed by atoms with E-state index in [1.165, 1.54) is 0 Å². The largest absolute Gasteiger partial charge is 0.387 e. The number of aromatic nitrogens is 2. The van der Waals surface area contributed by atoms with Crippen LogP contribution in [-0.2, 0) is 4.79 Å². The van der Waals surface area contributed by atoms with Gasteiger partial charge in [-0.2, -0.15) is 0 Å². The summed E-state index contributed by atoms with van der Waals surface area (Å²) in [6, 6.07) is 7.36. The molecule has 2 rings (SSSR count). The van der Waals surface area contributed by atoms with Crippen molar-refractivity contribution < 1.29 is 9.90 Å². The zero-order chi connectivity index (χ0) is 16.1. The summed E-state index contributed by atoms with van der Waals surface area (Å²) in [5.74, 6) is 0.315. The number of rotatable bonds is 5. The molecule has 1 heterocycles. The maximum absolute atomic E-state index is 11.2. The first-order chi connectivity index (χ1) is 10.5. The number of aliphatic hydroxyl groups is 1. The van der Waals surface area contributed by atoms with Crippen molar-refractivity contribution in [3.8, 4) is 0 Å². The average Bonchev–Trinajstić information content (AvgIpc) is 2.47. The van der Waals surface area contributed by atoms with E-state index in [1.54, 1.807) is 6.07 Å². The summed E-state index contributed by atoms with van der Waals surface area (Å²) in [5.41, 5.74) is 3.46. The van der Waals surface area contributed by atoms with Gasteiger partial charge in [0.2, 0.25) is 5.91 Å². The van der Waals surface area contributed by atoms with Gasteiger partial charge in [0.1, 0.15) is 12.4 Å². The topological polar surface area (TPSA) is 87.1 Å². The van der Waals surface area contributed by atoms with Crippen LogP contribution in [0.25, 0.3) is 0 Å². The molecular formula is C16H20N4O2. The summed E-state index contributed by atoms with van der Waals surface area (Å²) in [5, 5.41) is 14.7. The van der Waals surface area contributed by atoms with Gasteiger partial charge in [0.25, 0.3) is 0 Å². The highest BCUT2D eigenvalue weighted by atomic mass is 16.3. The minimum absolute atomic E-state index is 0.0318. The van der Waals surface area contributed by atoms with E-state index < -0.39 is 12.5 Å². The van der Waals surface area contributed by atoms with Gasteiger partial charge in [0, 0.05) is 28.8 Å². The van der Waals surface area contributed by atoms with Crippen LogP contribution in [-0.4, -0.2) is 27.6 Å². The van der Waals surface area contributed by atoms with Crippen molar-refractivity contribution in [2.24, 2.45) is 0 Å². The van der Waals surface area contributed by atoms with Gasteiger partial charge >= 0.3 is 0 Å². The zero-order valence-corrected chi connectivity index (χ0v) is 12.9. The smallest absolute Gasteiger partial charge is 0.250 e. The first-order valence-corrected chi connectivity index (χ1v) is 7.07. The lowest BCUT2D eigenvalue weighted by molar-refractivity contribution is -0.118. The first-order valence-electron chi connectivity index (χ1n) is 7.07. The molecule has 2 aromatic rings. The third kappa shape index (κ3) is 4.02. The van der Waals surface area contributed by atoms with Crippen molar-refractivity contribution in [3.05, 3.63) is 47.5 Å². The maximum atomic E-state index is 11.2. The van der Waals surface area contributed by atoms with Crippen molar-refractivity contribution in [3.63, 3.8) is 0 Å². The number of carbonyl (C=O) groups is 1. The van der Waals surface area contributed by atoms with E-state index in [4.69, 9.17) is 5.11 Å². The predicted molar refractivity (Wildman–Crippen MR) is 85.7 cm³/mol. The second kappa shape index (κ2) is 7.00. The van der Waals surface area contributed by atoms with Crippen LogP contribution < -0.4 is 10.6 Å². The van der Waals surface area contributed by atoms with Gasteiger partial charge in [0.05, 0.1) is 6.04 Å². The van der Waals surface area contributed by atoms with Crippen LogP contribution in [0, 0.1) is 13.8 Å². The average molecular weight is 300 g/mol. The van der Waals surface area contributed by atoms with Crippen LogP contribution in [0.4, 0.5) is 11.4 Å². The monoisotopic (exact) mass is 300 g/mol. The number of hydrogen-bond donors (Lipinski definition) is 3. The maximum Gasteiger partial charge on any atom is 0.250 e. The fraction of sp³-hybridized carbons (Fsp3) is 0.312. The fourth-order valence-electron chi connectivity index (χ4n) is 2.23. The lowest BCUT2D eigenvalue weighted by atomic mass is 10.1. The van der Waals surface area contributed by atoms with E-state index in [1.807, 2.05) is 45.2 Å². The van der Waals surface area contributed by atoms with Gasteiger partial charge in [0.15, 0.2) is 0 Å².